The summed E-state index contributed by atoms with van der Waals surface area (Å²) >= 11 is 6.14. The van der Waals surface area contributed by atoms with E-state index in [9.17, 15) is 9.59 Å². The van der Waals surface area contributed by atoms with Crippen LogP contribution in [0.25, 0.3) is 0 Å². The second-order valence-corrected chi connectivity index (χ2v) is 7.15. The Morgan fingerprint density at radius 1 is 1.23 bits per heavy atom. The van der Waals surface area contributed by atoms with Crippen LogP contribution in [0.5, 0.6) is 0 Å². The molecule has 1 saturated heterocycles. The molecule has 1 aliphatic rings. The van der Waals surface area contributed by atoms with Crippen LogP contribution < -0.4 is 0 Å². The van der Waals surface area contributed by atoms with E-state index in [1.54, 1.807) is 0 Å². The lowest BCUT2D eigenvalue weighted by Crippen LogP contribution is -2.39. The number of hydrogen-bond acceptors (Lipinski definition) is 4. The van der Waals surface area contributed by atoms with Gasteiger partial charge in [0.25, 0.3) is 5.89 Å². The number of oxazole rings is 1. The molecule has 138 valence electrons. The summed E-state index contributed by atoms with van der Waals surface area (Å²) in [5, 5.41) is 0.645. The summed E-state index contributed by atoms with van der Waals surface area (Å²) in [6, 6.07) is 7.49. The first-order valence-corrected chi connectivity index (χ1v) is 9.45. The maximum Gasteiger partial charge on any atom is 0.263 e. The van der Waals surface area contributed by atoms with Gasteiger partial charge in [-0.25, -0.2) is 4.98 Å². The number of halogens is 1. The Morgan fingerprint density at radius 3 is 2.69 bits per heavy atom. The van der Waals surface area contributed by atoms with Gasteiger partial charge in [-0.3, -0.25) is 9.59 Å². The van der Waals surface area contributed by atoms with Crippen LogP contribution in [0.2, 0.25) is 5.02 Å². The van der Waals surface area contributed by atoms with E-state index >= 15 is 0 Å². The molecule has 3 rings (SSSR count). The third-order valence-electron chi connectivity index (χ3n) is 4.95. The molecule has 6 heteroatoms. The standard InChI is InChI=1S/C20H23ClN2O3/c21-17-6-2-1-5-16(17)14-19(25)23-11-8-15(9-12-23)4-3-7-18(24)20-22-10-13-26-20/h1-2,5-6,10,13,15H,3-4,7-9,11-12,14H2. The van der Waals surface area contributed by atoms with Gasteiger partial charge in [0, 0.05) is 24.5 Å². The molecule has 0 spiro atoms. The number of piperidine rings is 1. The minimum atomic E-state index is -0.0395. The van der Waals surface area contributed by atoms with Crippen LogP contribution in [0.15, 0.2) is 41.1 Å². The second kappa shape index (κ2) is 8.99. The molecule has 0 bridgehead atoms. The van der Waals surface area contributed by atoms with Gasteiger partial charge in [-0.15, -0.1) is 0 Å². The molecular weight excluding hydrogens is 352 g/mol. The highest BCUT2D eigenvalue weighted by atomic mass is 35.5. The van der Waals surface area contributed by atoms with E-state index < -0.39 is 0 Å². The second-order valence-electron chi connectivity index (χ2n) is 6.75. The molecule has 0 radical (unpaired) electrons. The number of likely N-dealkylation sites (tertiary alicyclic amines) is 1. The van der Waals surface area contributed by atoms with Crippen LogP contribution in [0.3, 0.4) is 0 Å². The van der Waals surface area contributed by atoms with Crippen LogP contribution in [0.1, 0.15) is 48.4 Å². The molecule has 0 atom stereocenters. The number of Topliss-reactive ketones (excluding diaryl/α,β-unsaturated/α-hetero) is 1. The summed E-state index contributed by atoms with van der Waals surface area (Å²) < 4.78 is 5.02. The molecule has 5 nitrogen and oxygen atoms in total. The molecule has 1 aliphatic heterocycles. The Kier molecular flexibility index (Phi) is 6.45. The average Bonchev–Trinajstić information content (AvgIpc) is 3.19. The number of aromatic nitrogens is 1. The fourth-order valence-corrected chi connectivity index (χ4v) is 3.61. The molecule has 0 saturated carbocycles. The zero-order chi connectivity index (χ0) is 18.4. The van der Waals surface area contributed by atoms with Crippen LogP contribution in [0.4, 0.5) is 0 Å². The Bertz CT molecular complexity index is 737. The average molecular weight is 375 g/mol. The van der Waals surface area contributed by atoms with Gasteiger partial charge in [0.1, 0.15) is 6.26 Å². The van der Waals surface area contributed by atoms with Crippen molar-refractivity contribution in [3.63, 3.8) is 0 Å². The molecule has 1 aromatic heterocycles. The number of ketones is 1. The van der Waals surface area contributed by atoms with Crippen molar-refractivity contribution < 1.29 is 14.0 Å². The van der Waals surface area contributed by atoms with Gasteiger partial charge < -0.3 is 9.32 Å². The number of carbonyl (C=O) groups excluding carboxylic acids is 2. The normalized spacial score (nSPS) is 15.2. The number of benzene rings is 1. The Hall–Kier alpha value is -2.14. The molecule has 1 amide bonds. The highest BCUT2D eigenvalue weighted by molar-refractivity contribution is 6.31. The third-order valence-corrected chi connectivity index (χ3v) is 5.32. The summed E-state index contributed by atoms with van der Waals surface area (Å²) in [5.41, 5.74) is 0.881. The predicted octanol–water partition coefficient (Wildman–Crippen LogP) is 4.16. The number of nitrogens with zero attached hydrogens (tertiary/aromatic N) is 2. The SMILES string of the molecule is O=C(CCCC1CCN(C(=O)Cc2ccccc2Cl)CC1)c1ncco1. The Labute approximate surface area is 158 Å². The van der Waals surface area contributed by atoms with Gasteiger partial charge in [0.2, 0.25) is 11.7 Å². The molecule has 1 aromatic carbocycles. The fraction of sp³-hybridized carbons (Fsp3) is 0.450. The molecule has 2 aromatic rings. The minimum Gasteiger partial charge on any atom is -0.442 e. The molecule has 26 heavy (non-hydrogen) atoms. The number of carbonyl (C=O) groups is 2. The molecular formula is C20H23ClN2O3. The van der Waals surface area contributed by atoms with Gasteiger partial charge in [-0.1, -0.05) is 29.8 Å². The summed E-state index contributed by atoms with van der Waals surface area (Å²) in [4.78, 5) is 30.1. The number of hydrogen-bond donors (Lipinski definition) is 0. The van der Waals surface area contributed by atoms with Gasteiger partial charge in [-0.05, 0) is 43.2 Å². The van der Waals surface area contributed by atoms with Crippen LogP contribution >= 0.6 is 11.6 Å². The van der Waals surface area contributed by atoms with Crippen molar-refractivity contribution in [1.82, 2.24) is 9.88 Å². The van der Waals surface area contributed by atoms with E-state index in [0.717, 1.165) is 44.3 Å². The minimum absolute atomic E-state index is 0.0395. The lowest BCUT2D eigenvalue weighted by molar-refractivity contribution is -0.131. The topological polar surface area (TPSA) is 63.4 Å². The molecule has 0 aliphatic carbocycles. The Balaban J connectivity index is 1.38. The summed E-state index contributed by atoms with van der Waals surface area (Å²) in [7, 11) is 0. The summed E-state index contributed by atoms with van der Waals surface area (Å²) in [5.74, 6) is 0.861. The van der Waals surface area contributed by atoms with E-state index in [1.807, 2.05) is 29.2 Å². The number of rotatable bonds is 7. The van der Waals surface area contributed by atoms with Crippen molar-refractivity contribution in [2.75, 3.05) is 13.1 Å². The lowest BCUT2D eigenvalue weighted by Gasteiger charge is -2.32. The van der Waals surface area contributed by atoms with E-state index in [1.165, 1.54) is 12.5 Å². The highest BCUT2D eigenvalue weighted by Gasteiger charge is 2.23. The first-order valence-electron chi connectivity index (χ1n) is 9.07. The predicted molar refractivity (Wildman–Crippen MR) is 99.1 cm³/mol. The van der Waals surface area contributed by atoms with Crippen molar-refractivity contribution in [3.8, 4) is 0 Å². The molecule has 1 fully saturated rings. The first kappa shape index (κ1) is 18.6. The summed E-state index contributed by atoms with van der Waals surface area (Å²) in [6.07, 6.45) is 7.54. The molecule has 0 unspecified atom stereocenters. The Morgan fingerprint density at radius 2 is 2.00 bits per heavy atom. The van der Waals surface area contributed by atoms with Gasteiger partial charge in [-0.2, -0.15) is 0 Å². The zero-order valence-corrected chi connectivity index (χ0v) is 15.5. The third kappa shape index (κ3) is 4.94. The van der Waals surface area contributed by atoms with Crippen molar-refractivity contribution in [1.29, 1.82) is 0 Å². The van der Waals surface area contributed by atoms with Crippen molar-refractivity contribution in [3.05, 3.63) is 53.2 Å². The van der Waals surface area contributed by atoms with Crippen molar-refractivity contribution >= 4 is 23.3 Å². The van der Waals surface area contributed by atoms with Crippen LogP contribution in [-0.2, 0) is 11.2 Å². The highest BCUT2D eigenvalue weighted by Crippen LogP contribution is 2.24. The maximum atomic E-state index is 12.5. The maximum absolute atomic E-state index is 12.5. The quantitative estimate of drug-likeness (QED) is 0.682. The first-order chi connectivity index (χ1) is 12.6. The van der Waals surface area contributed by atoms with E-state index in [0.29, 0.717) is 23.8 Å². The van der Waals surface area contributed by atoms with Gasteiger partial charge in [0.15, 0.2) is 0 Å². The van der Waals surface area contributed by atoms with Crippen LogP contribution in [0, 0.1) is 5.92 Å². The van der Waals surface area contributed by atoms with Gasteiger partial charge in [0.05, 0.1) is 12.6 Å². The number of amides is 1. The summed E-state index contributed by atoms with van der Waals surface area (Å²) in [6.45, 7) is 1.56. The fourth-order valence-electron chi connectivity index (χ4n) is 3.41. The van der Waals surface area contributed by atoms with E-state index in [4.69, 9.17) is 16.0 Å². The zero-order valence-electron chi connectivity index (χ0n) is 14.7. The van der Waals surface area contributed by atoms with Gasteiger partial charge >= 0.3 is 0 Å². The molecule has 2 heterocycles. The van der Waals surface area contributed by atoms with Crippen molar-refractivity contribution in [2.24, 2.45) is 5.92 Å². The van der Waals surface area contributed by atoms with E-state index in [-0.39, 0.29) is 17.6 Å². The van der Waals surface area contributed by atoms with E-state index in [2.05, 4.69) is 4.98 Å². The smallest absolute Gasteiger partial charge is 0.263 e. The monoisotopic (exact) mass is 374 g/mol. The molecule has 0 N–H and O–H groups in total. The largest absolute Gasteiger partial charge is 0.442 e. The van der Waals surface area contributed by atoms with Crippen LogP contribution in [-0.4, -0.2) is 34.7 Å². The lowest BCUT2D eigenvalue weighted by atomic mass is 9.91. The van der Waals surface area contributed by atoms with Crippen molar-refractivity contribution in [2.45, 2.75) is 38.5 Å².